The number of hydrogen-bond acceptors (Lipinski definition) is 3. The quantitative estimate of drug-likeness (QED) is 0.737. The van der Waals surface area contributed by atoms with Gasteiger partial charge in [-0.1, -0.05) is 0 Å². The molecule has 0 aliphatic carbocycles. The van der Waals surface area contributed by atoms with E-state index in [0.717, 1.165) is 5.25 Å². The van der Waals surface area contributed by atoms with E-state index in [0.29, 0.717) is 0 Å². The van der Waals surface area contributed by atoms with Crippen molar-refractivity contribution >= 4 is 20.1 Å². The van der Waals surface area contributed by atoms with Crippen molar-refractivity contribution in [3.8, 4) is 0 Å². The fraction of sp³-hybridized carbons (Fsp3) is 1.00. The molecule has 2 nitrogen and oxygen atoms in total. The molecule has 0 bridgehead atoms. The van der Waals surface area contributed by atoms with E-state index < -0.39 is 8.32 Å². The SMILES string of the molecule is CO[Si](C)(C)CCSC1CCNCC1. The zero-order valence-corrected chi connectivity index (χ0v) is 11.5. The van der Waals surface area contributed by atoms with Gasteiger partial charge in [0.25, 0.3) is 0 Å². The van der Waals surface area contributed by atoms with Gasteiger partial charge in [-0.3, -0.25) is 0 Å². The lowest BCUT2D eigenvalue weighted by atomic mass is 10.2. The molecule has 1 N–H and O–H groups in total. The first-order valence-corrected chi connectivity index (χ1v) is 9.68. The van der Waals surface area contributed by atoms with Crippen LogP contribution in [0.25, 0.3) is 0 Å². The lowest BCUT2D eigenvalue weighted by Gasteiger charge is -2.24. The Morgan fingerprint density at radius 2 is 2.00 bits per heavy atom. The molecule has 0 unspecified atom stereocenters. The first-order chi connectivity index (χ1) is 6.64. The lowest BCUT2D eigenvalue weighted by Crippen LogP contribution is -2.31. The highest BCUT2D eigenvalue weighted by Gasteiger charge is 2.21. The highest BCUT2D eigenvalue weighted by molar-refractivity contribution is 8.00. The average molecular weight is 233 g/mol. The van der Waals surface area contributed by atoms with E-state index in [1.54, 1.807) is 0 Å². The minimum atomic E-state index is -1.30. The number of piperidine rings is 1. The highest BCUT2D eigenvalue weighted by atomic mass is 32.2. The Hall–Kier alpha value is 0.487. The van der Waals surface area contributed by atoms with E-state index >= 15 is 0 Å². The van der Waals surface area contributed by atoms with Crippen molar-refractivity contribution in [2.75, 3.05) is 26.0 Å². The standard InChI is InChI=1S/C10H23NOSSi/c1-12-14(2,3)9-8-13-10-4-6-11-7-5-10/h10-11H,4-9H2,1-3H3. The zero-order valence-electron chi connectivity index (χ0n) is 9.64. The van der Waals surface area contributed by atoms with Crippen LogP contribution in [0.5, 0.6) is 0 Å². The van der Waals surface area contributed by atoms with Gasteiger partial charge in [-0.2, -0.15) is 11.8 Å². The Balaban J connectivity index is 2.08. The molecule has 1 aliphatic heterocycles. The fourth-order valence-electron chi connectivity index (χ4n) is 1.54. The molecule has 4 heteroatoms. The van der Waals surface area contributed by atoms with Crippen LogP contribution in [0.15, 0.2) is 0 Å². The first kappa shape index (κ1) is 12.6. The van der Waals surface area contributed by atoms with Crippen molar-refractivity contribution < 1.29 is 4.43 Å². The van der Waals surface area contributed by atoms with Gasteiger partial charge in [0.1, 0.15) is 0 Å². The molecule has 0 saturated carbocycles. The summed E-state index contributed by atoms with van der Waals surface area (Å²) in [6, 6.07) is 1.29. The molecule has 0 aromatic carbocycles. The number of rotatable bonds is 5. The summed E-state index contributed by atoms with van der Waals surface area (Å²) in [6.07, 6.45) is 2.69. The Morgan fingerprint density at radius 3 is 2.57 bits per heavy atom. The summed E-state index contributed by atoms with van der Waals surface area (Å²) in [6.45, 7) is 7.03. The lowest BCUT2D eigenvalue weighted by molar-refractivity contribution is 0.405. The van der Waals surface area contributed by atoms with Gasteiger partial charge >= 0.3 is 0 Å². The summed E-state index contributed by atoms with van der Waals surface area (Å²) in [7, 11) is 0.564. The normalized spacial score (nSPS) is 19.9. The zero-order chi connectivity index (χ0) is 10.4. The maximum atomic E-state index is 5.54. The molecule has 0 aromatic heterocycles. The third-order valence-corrected chi connectivity index (χ3v) is 7.20. The molecule has 0 atom stereocenters. The van der Waals surface area contributed by atoms with Crippen LogP contribution in [0.1, 0.15) is 12.8 Å². The van der Waals surface area contributed by atoms with Gasteiger partial charge in [-0.25, -0.2) is 0 Å². The van der Waals surface area contributed by atoms with Gasteiger partial charge in [0.15, 0.2) is 8.32 Å². The molecule has 0 aromatic rings. The van der Waals surface area contributed by atoms with E-state index in [9.17, 15) is 0 Å². The van der Waals surface area contributed by atoms with Crippen molar-refractivity contribution in [1.82, 2.24) is 5.32 Å². The Kier molecular flexibility index (Phi) is 5.52. The third-order valence-electron chi connectivity index (χ3n) is 2.90. The molecule has 1 fully saturated rings. The van der Waals surface area contributed by atoms with Gasteiger partial charge in [-0.05, 0) is 50.8 Å². The van der Waals surface area contributed by atoms with E-state index in [1.807, 2.05) is 7.11 Å². The van der Waals surface area contributed by atoms with Crippen LogP contribution >= 0.6 is 11.8 Å². The van der Waals surface area contributed by atoms with Crippen LogP contribution in [0.2, 0.25) is 19.1 Å². The molecule has 1 aliphatic rings. The van der Waals surface area contributed by atoms with Crippen molar-refractivity contribution in [3.63, 3.8) is 0 Å². The number of nitrogens with one attached hydrogen (secondary N) is 1. The van der Waals surface area contributed by atoms with Crippen molar-refractivity contribution in [2.45, 2.75) is 37.2 Å². The molecule has 1 rings (SSSR count). The second-order valence-corrected chi connectivity index (χ2v) is 10.4. The molecule has 0 spiro atoms. The van der Waals surface area contributed by atoms with Crippen LogP contribution in [-0.2, 0) is 4.43 Å². The van der Waals surface area contributed by atoms with Gasteiger partial charge in [0.05, 0.1) is 0 Å². The first-order valence-electron chi connectivity index (χ1n) is 5.51. The molecule has 0 amide bonds. The summed E-state index contributed by atoms with van der Waals surface area (Å²) < 4.78 is 5.54. The van der Waals surface area contributed by atoms with E-state index in [4.69, 9.17) is 4.43 Å². The second-order valence-electron chi connectivity index (χ2n) is 4.53. The molecular formula is C10H23NOSSi. The monoisotopic (exact) mass is 233 g/mol. The summed E-state index contributed by atoms with van der Waals surface area (Å²) in [5, 5.41) is 4.30. The smallest absolute Gasteiger partial charge is 0.187 e. The largest absolute Gasteiger partial charge is 0.420 e. The van der Waals surface area contributed by atoms with E-state index in [1.165, 1.54) is 37.7 Å². The average Bonchev–Trinajstić information content (AvgIpc) is 2.19. The van der Waals surface area contributed by atoms with Crippen molar-refractivity contribution in [3.05, 3.63) is 0 Å². The predicted octanol–water partition coefficient (Wildman–Crippen LogP) is 2.32. The molecule has 14 heavy (non-hydrogen) atoms. The third kappa shape index (κ3) is 4.82. The Labute approximate surface area is 93.3 Å². The van der Waals surface area contributed by atoms with E-state index in [-0.39, 0.29) is 0 Å². The molecule has 1 saturated heterocycles. The Bertz CT molecular complexity index is 160. The summed E-state index contributed by atoms with van der Waals surface area (Å²) in [4.78, 5) is 0. The minimum absolute atomic E-state index is 0.901. The van der Waals surface area contributed by atoms with Gasteiger partial charge < -0.3 is 9.74 Å². The van der Waals surface area contributed by atoms with E-state index in [2.05, 4.69) is 30.2 Å². The minimum Gasteiger partial charge on any atom is -0.420 e. The van der Waals surface area contributed by atoms with Gasteiger partial charge in [0.2, 0.25) is 0 Å². The van der Waals surface area contributed by atoms with Crippen LogP contribution in [-0.4, -0.2) is 39.5 Å². The van der Waals surface area contributed by atoms with Crippen molar-refractivity contribution in [1.29, 1.82) is 0 Å². The van der Waals surface area contributed by atoms with Crippen LogP contribution in [0.3, 0.4) is 0 Å². The van der Waals surface area contributed by atoms with Gasteiger partial charge in [0, 0.05) is 12.4 Å². The number of thioether (sulfide) groups is 1. The Morgan fingerprint density at radius 1 is 1.36 bits per heavy atom. The fourth-order valence-corrected chi connectivity index (χ4v) is 5.08. The summed E-state index contributed by atoms with van der Waals surface area (Å²) >= 11 is 2.15. The topological polar surface area (TPSA) is 21.3 Å². The maximum Gasteiger partial charge on any atom is 0.187 e. The van der Waals surface area contributed by atoms with Crippen LogP contribution in [0.4, 0.5) is 0 Å². The van der Waals surface area contributed by atoms with Crippen molar-refractivity contribution in [2.24, 2.45) is 0 Å². The molecular weight excluding hydrogens is 210 g/mol. The van der Waals surface area contributed by atoms with Gasteiger partial charge in [-0.15, -0.1) is 0 Å². The highest BCUT2D eigenvalue weighted by Crippen LogP contribution is 2.23. The molecule has 0 radical (unpaired) electrons. The van der Waals surface area contributed by atoms with Crippen LogP contribution in [0, 0.1) is 0 Å². The second kappa shape index (κ2) is 6.15. The maximum absolute atomic E-state index is 5.54. The predicted molar refractivity (Wildman–Crippen MR) is 67.6 cm³/mol. The molecule has 1 heterocycles. The number of hydrogen-bond donors (Lipinski definition) is 1. The van der Waals surface area contributed by atoms with Crippen LogP contribution < -0.4 is 5.32 Å². The summed E-state index contributed by atoms with van der Waals surface area (Å²) in [5.41, 5.74) is 0. The molecule has 84 valence electrons. The summed E-state index contributed by atoms with van der Waals surface area (Å²) in [5.74, 6) is 1.29.